The van der Waals surface area contributed by atoms with Gasteiger partial charge in [0.2, 0.25) is 11.8 Å². The average Bonchev–Trinajstić information content (AvgIpc) is 3.12. The molecule has 0 bridgehead atoms. The number of amides is 2. The molecule has 0 unspecified atom stereocenters. The number of likely N-dealkylation sites (tertiary alicyclic amines) is 1. The number of aromatic nitrogens is 2. The van der Waals surface area contributed by atoms with Crippen LogP contribution in [0.4, 0.5) is 8.78 Å². The van der Waals surface area contributed by atoms with Crippen molar-refractivity contribution in [3.63, 3.8) is 0 Å². The molecule has 0 radical (unpaired) electrons. The zero-order chi connectivity index (χ0) is 20.8. The molecule has 1 fully saturated rings. The van der Waals surface area contributed by atoms with Crippen LogP contribution in [-0.2, 0) is 22.7 Å². The maximum absolute atomic E-state index is 13.2. The van der Waals surface area contributed by atoms with E-state index in [0.717, 1.165) is 37.2 Å². The molecule has 29 heavy (non-hydrogen) atoms. The topological polar surface area (TPSA) is 67.2 Å². The number of aryl methyl sites for hydroxylation is 1. The second-order valence-corrected chi connectivity index (χ2v) is 7.54. The number of rotatable bonds is 7. The average molecular weight is 404 g/mol. The Morgan fingerprint density at radius 1 is 1.24 bits per heavy atom. The first-order valence-electron chi connectivity index (χ1n) is 9.89. The Kier molecular flexibility index (Phi) is 6.95. The summed E-state index contributed by atoms with van der Waals surface area (Å²) in [6.07, 6.45) is 4.62. The van der Waals surface area contributed by atoms with E-state index in [1.165, 1.54) is 6.07 Å². The molecular weight excluding hydrogens is 378 g/mol. The zero-order valence-corrected chi connectivity index (χ0v) is 16.5. The van der Waals surface area contributed by atoms with Crippen LogP contribution in [0.25, 0.3) is 0 Å². The van der Waals surface area contributed by atoms with Gasteiger partial charge in [0.05, 0.1) is 0 Å². The fourth-order valence-electron chi connectivity index (χ4n) is 3.59. The lowest BCUT2D eigenvalue weighted by atomic mass is 9.93. The molecule has 1 aromatic heterocycles. The number of piperidine rings is 1. The first kappa shape index (κ1) is 21.0. The fraction of sp³-hybridized carbons (Fsp3) is 0.476. The molecule has 1 saturated heterocycles. The number of benzene rings is 1. The first-order valence-corrected chi connectivity index (χ1v) is 9.89. The van der Waals surface area contributed by atoms with Crippen molar-refractivity contribution >= 4 is 11.8 Å². The third-order valence-electron chi connectivity index (χ3n) is 5.34. The van der Waals surface area contributed by atoms with Gasteiger partial charge in [-0.25, -0.2) is 8.78 Å². The number of hydrogen-bond donors (Lipinski definition) is 1. The highest BCUT2D eigenvalue weighted by Gasteiger charge is 2.24. The van der Waals surface area contributed by atoms with Gasteiger partial charge in [0, 0.05) is 37.9 Å². The molecule has 1 N–H and O–H groups in total. The largest absolute Gasteiger partial charge is 0.352 e. The maximum Gasteiger partial charge on any atom is 0.244 e. The van der Waals surface area contributed by atoms with E-state index in [0.29, 0.717) is 24.9 Å². The Hall–Kier alpha value is -2.77. The Balaban J connectivity index is 1.41. The molecule has 156 valence electrons. The molecule has 0 spiro atoms. The van der Waals surface area contributed by atoms with Crippen molar-refractivity contribution in [1.82, 2.24) is 20.0 Å². The van der Waals surface area contributed by atoms with E-state index in [1.54, 1.807) is 10.9 Å². The summed E-state index contributed by atoms with van der Waals surface area (Å²) < 4.78 is 27.8. The second kappa shape index (κ2) is 9.62. The van der Waals surface area contributed by atoms with E-state index in [2.05, 4.69) is 10.4 Å². The predicted octanol–water partition coefficient (Wildman–Crippen LogP) is 2.80. The second-order valence-electron chi connectivity index (χ2n) is 7.54. The van der Waals surface area contributed by atoms with Crippen molar-refractivity contribution in [2.75, 3.05) is 13.1 Å². The standard InChI is InChI=1S/C21H26F2N4O2/c1-15-8-9-25-27(15)14-21(29)26-10-2-3-16(13-26)5-7-20(28)24-12-17-4-6-18(22)19(23)11-17/h4,6,8-9,11,16H,2-3,5,7,10,12-14H2,1H3,(H,24,28)/t16-/m0/s1. The van der Waals surface area contributed by atoms with Gasteiger partial charge in [-0.1, -0.05) is 6.07 Å². The lowest BCUT2D eigenvalue weighted by molar-refractivity contribution is -0.134. The number of halogens is 2. The van der Waals surface area contributed by atoms with E-state index in [9.17, 15) is 18.4 Å². The maximum atomic E-state index is 13.2. The number of hydrogen-bond acceptors (Lipinski definition) is 3. The Bertz CT molecular complexity index is 868. The lowest BCUT2D eigenvalue weighted by Crippen LogP contribution is -2.42. The van der Waals surface area contributed by atoms with Gasteiger partial charge in [0.1, 0.15) is 6.54 Å². The molecule has 2 aromatic rings. The van der Waals surface area contributed by atoms with Gasteiger partial charge < -0.3 is 10.2 Å². The predicted molar refractivity (Wildman–Crippen MR) is 104 cm³/mol. The quantitative estimate of drug-likeness (QED) is 0.772. The van der Waals surface area contributed by atoms with Crippen molar-refractivity contribution in [3.8, 4) is 0 Å². The Morgan fingerprint density at radius 2 is 2.07 bits per heavy atom. The van der Waals surface area contributed by atoms with Crippen LogP contribution < -0.4 is 5.32 Å². The molecule has 1 aliphatic rings. The minimum atomic E-state index is -0.922. The van der Waals surface area contributed by atoms with E-state index < -0.39 is 11.6 Å². The number of carbonyl (C=O) groups excluding carboxylic acids is 2. The summed E-state index contributed by atoms with van der Waals surface area (Å²) in [6.45, 7) is 3.70. The number of nitrogens with one attached hydrogen (secondary N) is 1. The van der Waals surface area contributed by atoms with E-state index >= 15 is 0 Å². The van der Waals surface area contributed by atoms with Crippen molar-refractivity contribution in [2.24, 2.45) is 5.92 Å². The first-order chi connectivity index (χ1) is 13.9. The summed E-state index contributed by atoms with van der Waals surface area (Å²) >= 11 is 0. The van der Waals surface area contributed by atoms with Gasteiger partial charge in [-0.2, -0.15) is 5.10 Å². The molecule has 2 amide bonds. The highest BCUT2D eigenvalue weighted by molar-refractivity contribution is 5.76. The minimum Gasteiger partial charge on any atom is -0.352 e. The fourth-order valence-corrected chi connectivity index (χ4v) is 3.59. The van der Waals surface area contributed by atoms with Crippen LogP contribution in [0, 0.1) is 24.5 Å². The van der Waals surface area contributed by atoms with Crippen molar-refractivity contribution in [1.29, 1.82) is 0 Å². The number of nitrogens with zero attached hydrogens (tertiary/aromatic N) is 3. The SMILES string of the molecule is Cc1ccnn1CC(=O)N1CCC[C@@H](CCC(=O)NCc2ccc(F)c(F)c2)C1. The van der Waals surface area contributed by atoms with Crippen molar-refractivity contribution < 1.29 is 18.4 Å². The molecule has 2 heterocycles. The molecule has 8 heteroatoms. The van der Waals surface area contributed by atoms with Gasteiger partial charge >= 0.3 is 0 Å². The smallest absolute Gasteiger partial charge is 0.244 e. The van der Waals surface area contributed by atoms with Gasteiger partial charge in [-0.05, 0) is 55.9 Å². The monoisotopic (exact) mass is 404 g/mol. The van der Waals surface area contributed by atoms with E-state index in [4.69, 9.17) is 0 Å². The van der Waals surface area contributed by atoms with Crippen LogP contribution in [0.5, 0.6) is 0 Å². The van der Waals surface area contributed by atoms with Crippen LogP contribution in [0.2, 0.25) is 0 Å². The highest BCUT2D eigenvalue weighted by atomic mass is 19.2. The summed E-state index contributed by atoms with van der Waals surface area (Å²) in [5.41, 5.74) is 1.46. The summed E-state index contributed by atoms with van der Waals surface area (Å²) in [5, 5.41) is 6.89. The van der Waals surface area contributed by atoms with Gasteiger partial charge in [0.25, 0.3) is 0 Å². The van der Waals surface area contributed by atoms with Crippen LogP contribution in [0.15, 0.2) is 30.5 Å². The molecular formula is C21H26F2N4O2. The van der Waals surface area contributed by atoms with E-state index in [1.807, 2.05) is 17.9 Å². The highest BCUT2D eigenvalue weighted by Crippen LogP contribution is 2.21. The minimum absolute atomic E-state index is 0.0456. The van der Waals surface area contributed by atoms with Crippen molar-refractivity contribution in [2.45, 2.75) is 45.7 Å². The van der Waals surface area contributed by atoms with Gasteiger partial charge in [0.15, 0.2) is 11.6 Å². The summed E-state index contributed by atoms with van der Waals surface area (Å²) in [7, 11) is 0. The normalized spacial score (nSPS) is 16.7. The van der Waals surface area contributed by atoms with Crippen LogP contribution in [0.3, 0.4) is 0 Å². The zero-order valence-electron chi connectivity index (χ0n) is 16.5. The third-order valence-corrected chi connectivity index (χ3v) is 5.34. The lowest BCUT2D eigenvalue weighted by Gasteiger charge is -2.33. The van der Waals surface area contributed by atoms with Crippen LogP contribution in [-0.4, -0.2) is 39.6 Å². The van der Waals surface area contributed by atoms with Gasteiger partial charge in [-0.3, -0.25) is 14.3 Å². The van der Waals surface area contributed by atoms with Crippen molar-refractivity contribution in [3.05, 3.63) is 53.4 Å². The molecule has 6 nitrogen and oxygen atoms in total. The molecule has 3 rings (SSSR count). The molecule has 1 atom stereocenters. The van der Waals surface area contributed by atoms with Crippen LogP contribution in [0.1, 0.15) is 36.9 Å². The summed E-state index contributed by atoms with van der Waals surface area (Å²) in [5.74, 6) is -1.64. The molecule has 0 aliphatic carbocycles. The van der Waals surface area contributed by atoms with Gasteiger partial charge in [-0.15, -0.1) is 0 Å². The molecule has 1 aliphatic heterocycles. The third kappa shape index (κ3) is 5.85. The number of carbonyl (C=O) groups is 2. The van der Waals surface area contributed by atoms with E-state index in [-0.39, 0.29) is 30.8 Å². The molecule has 1 aromatic carbocycles. The Morgan fingerprint density at radius 3 is 2.79 bits per heavy atom. The summed E-state index contributed by atoms with van der Waals surface area (Å²) in [4.78, 5) is 26.5. The van der Waals surface area contributed by atoms with Crippen LogP contribution >= 0.6 is 0 Å². The summed E-state index contributed by atoms with van der Waals surface area (Å²) in [6, 6.07) is 5.45. The molecule has 0 saturated carbocycles. The Labute approximate surface area is 168 Å².